The second-order valence-electron chi connectivity index (χ2n) is 6.72. The molecule has 0 radical (unpaired) electrons. The molecule has 2 aromatic rings. The third-order valence-electron chi connectivity index (χ3n) is 4.68. The van der Waals surface area contributed by atoms with E-state index in [-0.39, 0.29) is 29.5 Å². The van der Waals surface area contributed by atoms with Crippen molar-refractivity contribution < 1.29 is 30.6 Å². The molecule has 0 aromatic heterocycles. The van der Waals surface area contributed by atoms with Gasteiger partial charge in [0.15, 0.2) is 0 Å². The zero-order chi connectivity index (χ0) is 21.4. The van der Waals surface area contributed by atoms with Gasteiger partial charge in [-0.05, 0) is 42.6 Å². The maximum Gasteiger partial charge on any atom is 0.492 e. The van der Waals surface area contributed by atoms with Crippen molar-refractivity contribution in [3.05, 3.63) is 59.4 Å². The van der Waals surface area contributed by atoms with Crippen molar-refractivity contribution in [2.75, 3.05) is 6.54 Å². The second-order valence-corrected chi connectivity index (χ2v) is 8.53. The maximum absolute atomic E-state index is 15.0. The quantitative estimate of drug-likeness (QED) is 0.617. The van der Waals surface area contributed by atoms with Gasteiger partial charge in [0, 0.05) is 23.7 Å². The van der Waals surface area contributed by atoms with E-state index in [2.05, 4.69) is 5.32 Å². The van der Waals surface area contributed by atoms with E-state index in [0.29, 0.717) is 12.6 Å². The summed E-state index contributed by atoms with van der Waals surface area (Å²) >= 11 is 0. The van der Waals surface area contributed by atoms with E-state index in [0.717, 1.165) is 12.1 Å². The second kappa shape index (κ2) is 7.96. The van der Waals surface area contributed by atoms with Gasteiger partial charge in [0.2, 0.25) is 9.92 Å². The Balaban J connectivity index is 1.85. The first kappa shape index (κ1) is 21.6. The molecule has 1 aliphatic rings. The highest BCUT2D eigenvalue weighted by Gasteiger charge is 2.44. The van der Waals surface area contributed by atoms with Crippen LogP contribution in [0.4, 0.5) is 26.3 Å². The molecule has 158 valence electrons. The van der Waals surface area contributed by atoms with Crippen LogP contribution in [0.5, 0.6) is 0 Å². The van der Waals surface area contributed by atoms with Crippen LogP contribution >= 0.6 is 0 Å². The number of hydrogen-bond acceptors (Lipinski definition) is 3. The zero-order valence-electron chi connectivity index (χ0n) is 14.8. The smallest absolute Gasteiger partial charge is 0.312 e. The van der Waals surface area contributed by atoms with Crippen LogP contribution in [0, 0.1) is 22.2 Å². The first-order valence-electron chi connectivity index (χ1n) is 8.57. The lowest BCUT2D eigenvalue weighted by atomic mass is 9.96. The van der Waals surface area contributed by atoms with Gasteiger partial charge in [-0.3, -0.25) is 0 Å². The summed E-state index contributed by atoms with van der Waals surface area (Å²) < 4.78 is 101. The van der Waals surface area contributed by atoms with Gasteiger partial charge in [-0.1, -0.05) is 18.2 Å². The first-order chi connectivity index (χ1) is 13.5. The minimum atomic E-state index is -5.23. The van der Waals surface area contributed by atoms with Gasteiger partial charge in [-0.25, -0.2) is 26.9 Å². The van der Waals surface area contributed by atoms with Crippen molar-refractivity contribution in [1.82, 2.24) is 10.0 Å². The average molecular weight is 437 g/mol. The molecule has 3 atom stereocenters. The van der Waals surface area contributed by atoms with Gasteiger partial charge in [-0.2, -0.15) is 13.2 Å². The summed E-state index contributed by atoms with van der Waals surface area (Å²) in [6.07, 6.45) is 0.107. The number of nitrogens with one attached hydrogen (secondary N) is 3. The Labute approximate surface area is 163 Å². The molecule has 3 N–H and O–H groups in total. The Morgan fingerprint density at radius 3 is 2.41 bits per heavy atom. The van der Waals surface area contributed by atoms with Crippen molar-refractivity contribution >= 4 is 9.92 Å². The fourth-order valence-electron chi connectivity index (χ4n) is 3.31. The third-order valence-corrected chi connectivity index (χ3v) is 5.97. The van der Waals surface area contributed by atoms with Gasteiger partial charge in [-0.15, -0.1) is 0 Å². The van der Waals surface area contributed by atoms with E-state index in [9.17, 15) is 30.6 Å². The van der Waals surface area contributed by atoms with Crippen LogP contribution in [0.2, 0.25) is 0 Å². The van der Waals surface area contributed by atoms with Gasteiger partial charge >= 0.3 is 5.51 Å². The molecule has 0 saturated carbocycles. The molecule has 3 rings (SSSR count). The largest absolute Gasteiger partial charge is 0.492 e. The molecule has 1 aliphatic heterocycles. The maximum atomic E-state index is 15.0. The lowest BCUT2D eigenvalue weighted by Gasteiger charge is -2.23. The first-order valence-corrected chi connectivity index (χ1v) is 10.1. The molecule has 1 unspecified atom stereocenters. The van der Waals surface area contributed by atoms with Crippen molar-refractivity contribution in [1.29, 1.82) is 4.78 Å². The van der Waals surface area contributed by atoms with Crippen LogP contribution in [0.1, 0.15) is 12.0 Å². The summed E-state index contributed by atoms with van der Waals surface area (Å²) in [5.74, 6) is -2.50. The van der Waals surface area contributed by atoms with E-state index in [1.54, 1.807) is 0 Å². The summed E-state index contributed by atoms with van der Waals surface area (Å²) in [6, 6.07) is 5.15. The lowest BCUT2D eigenvalue weighted by Crippen LogP contribution is -2.48. The number of benzene rings is 2. The fourth-order valence-corrected chi connectivity index (χ4v) is 4.15. The fraction of sp³-hybridized carbons (Fsp3) is 0.333. The number of alkyl halides is 3. The molecular weight excluding hydrogens is 420 g/mol. The third kappa shape index (κ3) is 4.73. The zero-order valence-corrected chi connectivity index (χ0v) is 15.6. The van der Waals surface area contributed by atoms with Gasteiger partial charge < -0.3 is 5.32 Å². The average Bonchev–Trinajstić information content (AvgIpc) is 3.01. The van der Waals surface area contributed by atoms with Crippen LogP contribution in [0.25, 0.3) is 11.1 Å². The standard InChI is InChI=1S/C18H17F6N3OS/c19-12-6-11(7-13(20)9-12)14-3-1-2-10(17(14)21)8-16-15(4-5-26-16)27-29(25,28)18(22,23)24/h1-3,6-7,9,15-16,26H,4-5,8H2,(H2,25,27,28)/t15-,16-,29?/m0/s1. The normalized spacial score (nSPS) is 21.9. The van der Waals surface area contributed by atoms with E-state index < -0.39 is 45.0 Å². The Hall–Kier alpha value is -2.11. The summed E-state index contributed by atoms with van der Waals surface area (Å²) in [5, 5.41) is 2.91. The predicted molar refractivity (Wildman–Crippen MR) is 95.7 cm³/mol. The Kier molecular flexibility index (Phi) is 5.93. The molecule has 1 fully saturated rings. The van der Waals surface area contributed by atoms with Crippen LogP contribution in [0.15, 0.2) is 36.4 Å². The van der Waals surface area contributed by atoms with E-state index >= 15 is 0 Å². The van der Waals surface area contributed by atoms with Crippen LogP contribution in [-0.2, 0) is 16.3 Å². The molecule has 2 aromatic carbocycles. The number of rotatable bonds is 5. The summed E-state index contributed by atoms with van der Waals surface area (Å²) in [7, 11) is -5.04. The van der Waals surface area contributed by atoms with Crippen LogP contribution < -0.4 is 10.0 Å². The molecule has 4 nitrogen and oxygen atoms in total. The molecule has 11 heteroatoms. The Bertz CT molecular complexity index is 989. The Morgan fingerprint density at radius 1 is 1.14 bits per heavy atom. The SMILES string of the molecule is N=S(=O)(N[C@H]1CCN[C@H]1Cc1cccc(-c2cc(F)cc(F)c2)c1F)C(F)(F)F. The van der Waals surface area contributed by atoms with Crippen molar-refractivity contribution in [3.8, 4) is 11.1 Å². The molecule has 0 bridgehead atoms. The Morgan fingerprint density at radius 2 is 1.79 bits per heavy atom. The molecule has 29 heavy (non-hydrogen) atoms. The minimum absolute atomic E-state index is 0.0119. The van der Waals surface area contributed by atoms with Crippen molar-refractivity contribution in [3.63, 3.8) is 0 Å². The minimum Gasteiger partial charge on any atom is -0.312 e. The molecule has 1 heterocycles. The van der Waals surface area contributed by atoms with E-state index in [4.69, 9.17) is 4.78 Å². The molecule has 1 saturated heterocycles. The molecule has 0 spiro atoms. The summed E-state index contributed by atoms with van der Waals surface area (Å²) in [6.45, 7) is 0.298. The van der Waals surface area contributed by atoms with Gasteiger partial charge in [0.05, 0.1) is 0 Å². The lowest BCUT2D eigenvalue weighted by molar-refractivity contribution is -0.0420. The highest BCUT2D eigenvalue weighted by molar-refractivity contribution is 7.91. The van der Waals surface area contributed by atoms with E-state index in [1.165, 1.54) is 18.2 Å². The highest BCUT2D eigenvalue weighted by Crippen LogP contribution is 2.29. The van der Waals surface area contributed by atoms with E-state index in [1.807, 2.05) is 4.72 Å². The number of halogens is 6. The van der Waals surface area contributed by atoms with Gasteiger partial charge in [0.25, 0.3) is 0 Å². The molecular formula is C18H17F6N3OS. The topological polar surface area (TPSA) is 65.0 Å². The summed E-state index contributed by atoms with van der Waals surface area (Å²) in [4.78, 5) is 0. The monoisotopic (exact) mass is 437 g/mol. The number of hydrogen-bond donors (Lipinski definition) is 3. The van der Waals surface area contributed by atoms with Crippen molar-refractivity contribution in [2.45, 2.75) is 30.4 Å². The van der Waals surface area contributed by atoms with Crippen LogP contribution in [0.3, 0.4) is 0 Å². The summed E-state index contributed by atoms with van der Waals surface area (Å²) in [5.41, 5.74) is -5.18. The predicted octanol–water partition coefficient (Wildman–Crippen LogP) is 4.12. The molecule has 0 amide bonds. The highest BCUT2D eigenvalue weighted by atomic mass is 32.2. The molecule has 0 aliphatic carbocycles. The van der Waals surface area contributed by atoms with Gasteiger partial charge in [0.1, 0.15) is 17.5 Å². The van der Waals surface area contributed by atoms with Crippen LogP contribution in [-0.4, -0.2) is 28.3 Å². The van der Waals surface area contributed by atoms with Crippen molar-refractivity contribution in [2.24, 2.45) is 0 Å².